The van der Waals surface area contributed by atoms with Crippen molar-refractivity contribution in [3.8, 4) is 5.75 Å². The number of para-hydroxylation sites is 2. The predicted octanol–water partition coefficient (Wildman–Crippen LogP) is 3.06. The second-order valence-electron chi connectivity index (χ2n) is 7.10. The molecule has 0 aliphatic carbocycles. The summed E-state index contributed by atoms with van der Waals surface area (Å²) in [6, 6.07) is 12.2. The number of carbonyl (C=O) groups is 2. The zero-order valence-electron chi connectivity index (χ0n) is 16.1. The summed E-state index contributed by atoms with van der Waals surface area (Å²) in [4.78, 5) is 29.2. The fourth-order valence-electron chi connectivity index (χ4n) is 3.57. The average molecular weight is 450 g/mol. The molecule has 2 heterocycles. The van der Waals surface area contributed by atoms with Crippen molar-refractivity contribution in [3.63, 3.8) is 0 Å². The molecule has 9 heteroatoms. The lowest BCUT2D eigenvalue weighted by molar-refractivity contribution is -0.142. The molecule has 1 N–H and O–H groups in total. The predicted molar refractivity (Wildman–Crippen MR) is 116 cm³/mol. The Hall–Kier alpha value is -2.48. The molecule has 0 aromatic heterocycles. The van der Waals surface area contributed by atoms with E-state index >= 15 is 0 Å². The number of nitrogens with zero attached hydrogens (tertiary/aromatic N) is 2. The standard InChI is InChI=1S/C21H21Cl2N3O4/c22-14-9-15(23)11-16(10-14)24-20(27)13-26-12-19(21(28)25-5-7-29-8-6-25)30-18-4-2-1-3-17(18)26/h1-4,9-11,19H,5-8,12-13H2,(H,24,27)/t19-/m1/s1. The minimum absolute atomic E-state index is 0.0530. The summed E-state index contributed by atoms with van der Waals surface area (Å²) >= 11 is 12.0. The van der Waals surface area contributed by atoms with Crippen LogP contribution in [-0.4, -0.2) is 62.2 Å². The highest BCUT2D eigenvalue weighted by Gasteiger charge is 2.34. The number of hydrogen-bond acceptors (Lipinski definition) is 5. The number of fused-ring (bicyclic) bond motifs is 1. The number of rotatable bonds is 4. The second kappa shape index (κ2) is 9.12. The first-order valence-corrected chi connectivity index (χ1v) is 10.4. The molecule has 7 nitrogen and oxygen atoms in total. The molecule has 0 radical (unpaired) electrons. The third-order valence-electron chi connectivity index (χ3n) is 4.94. The molecule has 158 valence electrons. The summed E-state index contributed by atoms with van der Waals surface area (Å²) in [6.45, 7) is 2.44. The first-order valence-electron chi connectivity index (χ1n) is 9.63. The molecule has 2 aliphatic rings. The van der Waals surface area contributed by atoms with Gasteiger partial charge in [0.15, 0.2) is 6.10 Å². The number of ether oxygens (including phenoxy) is 2. The number of amides is 2. The highest BCUT2D eigenvalue weighted by Crippen LogP contribution is 2.33. The first kappa shape index (κ1) is 20.8. The van der Waals surface area contributed by atoms with Crippen LogP contribution in [0.4, 0.5) is 11.4 Å². The zero-order valence-corrected chi connectivity index (χ0v) is 17.7. The molecule has 1 fully saturated rings. The maximum absolute atomic E-state index is 12.9. The van der Waals surface area contributed by atoms with E-state index in [9.17, 15) is 9.59 Å². The average Bonchev–Trinajstić information content (AvgIpc) is 2.73. The minimum atomic E-state index is -0.689. The monoisotopic (exact) mass is 449 g/mol. The summed E-state index contributed by atoms with van der Waals surface area (Å²) < 4.78 is 11.3. The molecule has 30 heavy (non-hydrogen) atoms. The molecule has 0 saturated carbocycles. The van der Waals surface area contributed by atoms with Gasteiger partial charge in [0.25, 0.3) is 5.91 Å². The number of carbonyl (C=O) groups excluding carboxylic acids is 2. The number of benzene rings is 2. The van der Waals surface area contributed by atoms with Crippen molar-refractivity contribution in [2.75, 3.05) is 49.6 Å². The lowest BCUT2D eigenvalue weighted by Gasteiger charge is -2.38. The molecule has 0 spiro atoms. The van der Waals surface area contributed by atoms with Gasteiger partial charge in [-0.15, -0.1) is 0 Å². The number of morpholine rings is 1. The molecule has 2 aliphatic heterocycles. The van der Waals surface area contributed by atoms with Gasteiger partial charge in [-0.2, -0.15) is 0 Å². The lowest BCUT2D eigenvalue weighted by atomic mass is 10.1. The third-order valence-corrected chi connectivity index (χ3v) is 5.38. The Balaban J connectivity index is 1.49. The number of nitrogens with one attached hydrogen (secondary N) is 1. The van der Waals surface area contributed by atoms with Crippen LogP contribution in [0.25, 0.3) is 0 Å². The molecular formula is C21H21Cl2N3O4. The molecule has 0 bridgehead atoms. The molecular weight excluding hydrogens is 429 g/mol. The minimum Gasteiger partial charge on any atom is -0.477 e. The van der Waals surface area contributed by atoms with Gasteiger partial charge in [-0.3, -0.25) is 9.59 Å². The third kappa shape index (κ3) is 4.80. The molecule has 1 atom stereocenters. The van der Waals surface area contributed by atoms with E-state index in [2.05, 4.69) is 5.32 Å². The van der Waals surface area contributed by atoms with E-state index in [-0.39, 0.29) is 24.9 Å². The van der Waals surface area contributed by atoms with Crippen molar-refractivity contribution in [2.24, 2.45) is 0 Å². The van der Waals surface area contributed by atoms with E-state index in [1.807, 2.05) is 23.1 Å². The van der Waals surface area contributed by atoms with Gasteiger partial charge in [0.2, 0.25) is 5.91 Å². The van der Waals surface area contributed by atoms with Crippen LogP contribution >= 0.6 is 23.2 Å². The van der Waals surface area contributed by atoms with Crippen molar-refractivity contribution < 1.29 is 19.1 Å². The van der Waals surface area contributed by atoms with E-state index in [1.54, 1.807) is 29.2 Å². The molecule has 2 amide bonds. The maximum Gasteiger partial charge on any atom is 0.265 e. The van der Waals surface area contributed by atoms with Gasteiger partial charge in [-0.05, 0) is 30.3 Å². The number of hydrogen-bond donors (Lipinski definition) is 1. The Kier molecular flexibility index (Phi) is 6.32. The number of halogens is 2. The van der Waals surface area contributed by atoms with Crippen LogP contribution in [0.1, 0.15) is 0 Å². The van der Waals surface area contributed by atoms with Crippen molar-refractivity contribution in [1.29, 1.82) is 0 Å². The van der Waals surface area contributed by atoms with Crippen LogP contribution in [0.15, 0.2) is 42.5 Å². The van der Waals surface area contributed by atoms with Crippen LogP contribution in [0.3, 0.4) is 0 Å². The van der Waals surface area contributed by atoms with E-state index in [0.717, 1.165) is 5.69 Å². The lowest BCUT2D eigenvalue weighted by Crippen LogP contribution is -2.53. The maximum atomic E-state index is 12.9. The topological polar surface area (TPSA) is 71.1 Å². The van der Waals surface area contributed by atoms with Crippen molar-refractivity contribution in [2.45, 2.75) is 6.10 Å². The van der Waals surface area contributed by atoms with Crippen LogP contribution in [0.2, 0.25) is 10.0 Å². The fraction of sp³-hybridized carbons (Fsp3) is 0.333. The van der Waals surface area contributed by atoms with Gasteiger partial charge >= 0.3 is 0 Å². The van der Waals surface area contributed by atoms with Crippen molar-refractivity contribution >= 4 is 46.4 Å². The molecule has 1 saturated heterocycles. The summed E-state index contributed by atoms with van der Waals surface area (Å²) in [5.41, 5.74) is 1.28. The van der Waals surface area contributed by atoms with E-state index in [1.165, 1.54) is 0 Å². The van der Waals surface area contributed by atoms with Gasteiger partial charge < -0.3 is 24.6 Å². The normalized spacial score (nSPS) is 18.4. The number of anilines is 2. The van der Waals surface area contributed by atoms with Crippen LogP contribution in [0.5, 0.6) is 5.75 Å². The molecule has 0 unspecified atom stereocenters. The molecule has 2 aromatic carbocycles. The summed E-state index contributed by atoms with van der Waals surface area (Å²) in [6.07, 6.45) is -0.689. The quantitative estimate of drug-likeness (QED) is 0.776. The fourth-order valence-corrected chi connectivity index (χ4v) is 4.10. The van der Waals surface area contributed by atoms with E-state index < -0.39 is 6.10 Å². The van der Waals surface area contributed by atoms with Crippen molar-refractivity contribution in [3.05, 3.63) is 52.5 Å². The SMILES string of the molecule is O=C(CN1C[C@H](C(=O)N2CCOCC2)Oc2ccccc21)Nc1cc(Cl)cc(Cl)c1. The van der Waals surface area contributed by atoms with E-state index in [4.69, 9.17) is 32.7 Å². The van der Waals surface area contributed by atoms with Crippen LogP contribution in [0, 0.1) is 0 Å². The van der Waals surface area contributed by atoms with Gasteiger partial charge in [0.05, 0.1) is 32.0 Å². The first-order chi connectivity index (χ1) is 14.5. The Morgan fingerprint density at radius 1 is 1.07 bits per heavy atom. The Bertz CT molecular complexity index is 929. The highest BCUT2D eigenvalue weighted by molar-refractivity contribution is 6.35. The molecule has 4 rings (SSSR count). The van der Waals surface area contributed by atoms with Gasteiger partial charge in [-0.25, -0.2) is 0 Å². The summed E-state index contributed by atoms with van der Waals surface area (Å²) in [5.74, 6) is 0.233. The van der Waals surface area contributed by atoms with Crippen LogP contribution < -0.4 is 15.0 Å². The van der Waals surface area contributed by atoms with E-state index in [0.29, 0.717) is 47.8 Å². The largest absolute Gasteiger partial charge is 0.477 e. The summed E-state index contributed by atoms with van der Waals surface area (Å²) in [7, 11) is 0. The molecule has 2 aromatic rings. The smallest absolute Gasteiger partial charge is 0.265 e. The Morgan fingerprint density at radius 2 is 1.77 bits per heavy atom. The highest BCUT2D eigenvalue weighted by atomic mass is 35.5. The van der Waals surface area contributed by atoms with Crippen molar-refractivity contribution in [1.82, 2.24) is 4.90 Å². The van der Waals surface area contributed by atoms with Gasteiger partial charge in [-0.1, -0.05) is 35.3 Å². The Morgan fingerprint density at radius 3 is 2.50 bits per heavy atom. The van der Waals surface area contributed by atoms with Gasteiger partial charge in [0.1, 0.15) is 5.75 Å². The van der Waals surface area contributed by atoms with Gasteiger partial charge in [0, 0.05) is 28.8 Å². The second-order valence-corrected chi connectivity index (χ2v) is 7.97. The Labute approximate surface area is 184 Å². The van der Waals surface area contributed by atoms with Crippen LogP contribution in [-0.2, 0) is 14.3 Å². The summed E-state index contributed by atoms with van der Waals surface area (Å²) in [5, 5.41) is 3.68. The zero-order chi connectivity index (χ0) is 21.1.